The van der Waals surface area contributed by atoms with E-state index >= 15 is 0 Å². The highest BCUT2D eigenvalue weighted by atomic mass is 19.4. The van der Waals surface area contributed by atoms with Crippen molar-refractivity contribution in [2.75, 3.05) is 0 Å². The molecule has 1 N–H and O–H groups in total. The third-order valence-corrected chi connectivity index (χ3v) is 3.70. The van der Waals surface area contributed by atoms with E-state index in [2.05, 4.69) is 4.98 Å². The van der Waals surface area contributed by atoms with Crippen molar-refractivity contribution in [1.82, 2.24) is 4.98 Å². The van der Waals surface area contributed by atoms with Crippen LogP contribution in [0.15, 0.2) is 23.0 Å². The molecule has 22 heavy (non-hydrogen) atoms. The van der Waals surface area contributed by atoms with Crippen LogP contribution in [-0.2, 0) is 12.6 Å². The number of benzene rings is 1. The van der Waals surface area contributed by atoms with Crippen LogP contribution in [0, 0.1) is 5.92 Å². The van der Waals surface area contributed by atoms with E-state index in [-0.39, 0.29) is 34.7 Å². The highest BCUT2D eigenvalue weighted by Gasteiger charge is 2.37. The molecule has 0 aliphatic rings. The number of nitrogens with one attached hydrogen (secondary N) is 1. The molecule has 0 aliphatic carbocycles. The second-order valence-corrected chi connectivity index (χ2v) is 6.36. The second-order valence-electron chi connectivity index (χ2n) is 6.36. The lowest BCUT2D eigenvalue weighted by Crippen LogP contribution is -2.23. The maximum Gasteiger partial charge on any atom is 0.417 e. The standard InChI is InChI=1S/C17H20F3NO/c1-9(2)7-13-15(17(18,19)20)12-8-11(10(3)4)5-6-14(12)21-16(13)22/h5-6,8-10H,7H2,1-4H3,(H,21,22). The number of aromatic amines is 1. The zero-order chi connectivity index (χ0) is 16.7. The molecule has 120 valence electrons. The van der Waals surface area contributed by atoms with E-state index in [1.54, 1.807) is 32.0 Å². The molecule has 0 fully saturated rings. The quantitative estimate of drug-likeness (QED) is 0.862. The van der Waals surface area contributed by atoms with Gasteiger partial charge in [-0.1, -0.05) is 33.8 Å². The van der Waals surface area contributed by atoms with Crippen LogP contribution in [-0.4, -0.2) is 4.98 Å². The first-order valence-corrected chi connectivity index (χ1v) is 7.37. The van der Waals surface area contributed by atoms with Crippen molar-refractivity contribution < 1.29 is 13.2 Å². The van der Waals surface area contributed by atoms with Crippen molar-refractivity contribution in [3.63, 3.8) is 0 Å². The minimum atomic E-state index is -4.55. The molecule has 0 saturated heterocycles. The van der Waals surface area contributed by atoms with E-state index in [0.29, 0.717) is 0 Å². The zero-order valence-corrected chi connectivity index (χ0v) is 13.1. The Hall–Kier alpha value is -1.78. The number of rotatable bonds is 3. The van der Waals surface area contributed by atoms with Crippen LogP contribution in [0.1, 0.15) is 50.3 Å². The van der Waals surface area contributed by atoms with Crippen molar-refractivity contribution in [2.24, 2.45) is 5.92 Å². The highest BCUT2D eigenvalue weighted by molar-refractivity contribution is 5.84. The van der Waals surface area contributed by atoms with Gasteiger partial charge in [-0.3, -0.25) is 4.79 Å². The first-order chi connectivity index (χ1) is 10.1. The Kier molecular flexibility index (Phi) is 4.36. The summed E-state index contributed by atoms with van der Waals surface area (Å²) in [5, 5.41) is 0.0777. The Labute approximate surface area is 127 Å². The largest absolute Gasteiger partial charge is 0.417 e. The van der Waals surface area contributed by atoms with Gasteiger partial charge in [-0.05, 0) is 36.0 Å². The predicted molar refractivity (Wildman–Crippen MR) is 82.2 cm³/mol. The summed E-state index contributed by atoms with van der Waals surface area (Å²) in [6.45, 7) is 7.45. The second kappa shape index (κ2) is 5.78. The van der Waals surface area contributed by atoms with Crippen LogP contribution in [0.5, 0.6) is 0 Å². The molecule has 1 aromatic heterocycles. The normalized spacial score (nSPS) is 12.6. The molecule has 5 heteroatoms. The first-order valence-electron chi connectivity index (χ1n) is 7.37. The summed E-state index contributed by atoms with van der Waals surface area (Å²) in [6, 6.07) is 4.86. The maximum atomic E-state index is 13.6. The van der Waals surface area contributed by atoms with Gasteiger partial charge in [-0.15, -0.1) is 0 Å². The number of hydrogen-bond acceptors (Lipinski definition) is 1. The fourth-order valence-corrected chi connectivity index (χ4v) is 2.64. The van der Waals surface area contributed by atoms with Gasteiger partial charge in [0, 0.05) is 16.5 Å². The molecule has 0 saturated carbocycles. The third kappa shape index (κ3) is 3.18. The summed E-state index contributed by atoms with van der Waals surface area (Å²) < 4.78 is 40.8. The molecule has 2 aromatic rings. The van der Waals surface area contributed by atoms with Crippen LogP contribution in [0.4, 0.5) is 13.2 Å². The molecule has 0 radical (unpaired) electrons. The molecule has 0 amide bonds. The fraction of sp³-hybridized carbons (Fsp3) is 0.471. The van der Waals surface area contributed by atoms with Gasteiger partial charge in [0.2, 0.25) is 0 Å². The molecule has 2 rings (SSSR count). The van der Waals surface area contributed by atoms with Gasteiger partial charge in [0.05, 0.1) is 5.56 Å². The van der Waals surface area contributed by atoms with Gasteiger partial charge in [0.25, 0.3) is 5.56 Å². The minimum absolute atomic E-state index is 0.0343. The van der Waals surface area contributed by atoms with Gasteiger partial charge in [-0.2, -0.15) is 13.2 Å². The number of halogens is 3. The Morgan fingerprint density at radius 2 is 1.77 bits per heavy atom. The molecule has 1 heterocycles. The van der Waals surface area contributed by atoms with E-state index in [9.17, 15) is 18.0 Å². The average molecular weight is 311 g/mol. The number of alkyl halides is 3. The van der Waals surface area contributed by atoms with E-state index in [1.807, 2.05) is 13.8 Å². The average Bonchev–Trinajstić information content (AvgIpc) is 2.36. The maximum absolute atomic E-state index is 13.6. The Morgan fingerprint density at radius 1 is 1.14 bits per heavy atom. The molecule has 0 aliphatic heterocycles. The number of H-pyrrole nitrogens is 1. The highest BCUT2D eigenvalue weighted by Crippen LogP contribution is 2.37. The SMILES string of the molecule is CC(C)Cc1c(C(F)(F)F)c2cc(C(C)C)ccc2[nH]c1=O. The Morgan fingerprint density at radius 3 is 2.27 bits per heavy atom. The smallest absolute Gasteiger partial charge is 0.322 e. The summed E-state index contributed by atoms with van der Waals surface area (Å²) >= 11 is 0. The van der Waals surface area contributed by atoms with Crippen LogP contribution >= 0.6 is 0 Å². The minimum Gasteiger partial charge on any atom is -0.322 e. The van der Waals surface area contributed by atoms with E-state index in [4.69, 9.17) is 0 Å². The fourth-order valence-electron chi connectivity index (χ4n) is 2.64. The van der Waals surface area contributed by atoms with E-state index in [0.717, 1.165) is 5.56 Å². The summed E-state index contributed by atoms with van der Waals surface area (Å²) in [5.41, 5.74) is -0.557. The molecule has 0 unspecified atom stereocenters. The van der Waals surface area contributed by atoms with Crippen molar-refractivity contribution in [1.29, 1.82) is 0 Å². The monoisotopic (exact) mass is 311 g/mol. The number of hydrogen-bond donors (Lipinski definition) is 1. The van der Waals surface area contributed by atoms with Crippen LogP contribution in [0.25, 0.3) is 10.9 Å². The Balaban J connectivity index is 2.88. The van der Waals surface area contributed by atoms with E-state index < -0.39 is 17.3 Å². The van der Waals surface area contributed by atoms with Gasteiger partial charge in [0.15, 0.2) is 0 Å². The Bertz CT molecular complexity index is 742. The summed E-state index contributed by atoms with van der Waals surface area (Å²) in [6.07, 6.45) is -4.45. The summed E-state index contributed by atoms with van der Waals surface area (Å²) in [5.74, 6) is 0.0823. The molecular weight excluding hydrogens is 291 g/mol. The van der Waals surface area contributed by atoms with Crippen LogP contribution in [0.2, 0.25) is 0 Å². The summed E-state index contributed by atoms with van der Waals surface area (Å²) in [4.78, 5) is 14.7. The molecule has 0 spiro atoms. The zero-order valence-electron chi connectivity index (χ0n) is 13.1. The number of aromatic nitrogens is 1. The topological polar surface area (TPSA) is 32.9 Å². The van der Waals surface area contributed by atoms with Crippen molar-refractivity contribution in [3.8, 4) is 0 Å². The molecular formula is C17H20F3NO. The van der Waals surface area contributed by atoms with Gasteiger partial charge in [-0.25, -0.2) is 0 Å². The predicted octanol–water partition coefficient (Wildman–Crippen LogP) is 4.87. The van der Waals surface area contributed by atoms with Crippen LogP contribution in [0.3, 0.4) is 0 Å². The number of pyridine rings is 1. The lowest BCUT2D eigenvalue weighted by Gasteiger charge is -2.17. The molecule has 0 atom stereocenters. The third-order valence-electron chi connectivity index (χ3n) is 3.70. The lowest BCUT2D eigenvalue weighted by molar-refractivity contribution is -0.137. The molecule has 2 nitrogen and oxygen atoms in total. The van der Waals surface area contributed by atoms with E-state index in [1.165, 1.54) is 0 Å². The van der Waals surface area contributed by atoms with Gasteiger partial charge >= 0.3 is 6.18 Å². The summed E-state index contributed by atoms with van der Waals surface area (Å²) in [7, 11) is 0. The van der Waals surface area contributed by atoms with Crippen molar-refractivity contribution >= 4 is 10.9 Å². The van der Waals surface area contributed by atoms with Gasteiger partial charge < -0.3 is 4.98 Å². The molecule has 0 bridgehead atoms. The lowest BCUT2D eigenvalue weighted by atomic mass is 9.93. The van der Waals surface area contributed by atoms with Crippen LogP contribution < -0.4 is 5.56 Å². The number of fused-ring (bicyclic) bond motifs is 1. The first kappa shape index (κ1) is 16.6. The van der Waals surface area contributed by atoms with Crippen molar-refractivity contribution in [2.45, 2.75) is 46.2 Å². The van der Waals surface area contributed by atoms with Gasteiger partial charge in [0.1, 0.15) is 0 Å². The molecule has 1 aromatic carbocycles. The van der Waals surface area contributed by atoms with Crippen molar-refractivity contribution in [3.05, 3.63) is 45.2 Å².